The number of hydrogen-bond donors (Lipinski definition) is 0. The second kappa shape index (κ2) is 5.51. The summed E-state index contributed by atoms with van der Waals surface area (Å²) in [4.78, 5) is 25.0. The van der Waals surface area contributed by atoms with E-state index < -0.39 is 0 Å². The Balaban J connectivity index is 1.30. The van der Waals surface area contributed by atoms with Gasteiger partial charge in [0.25, 0.3) is 5.91 Å². The van der Waals surface area contributed by atoms with Crippen LogP contribution in [-0.2, 0) is 7.05 Å². The number of carbonyl (C=O) groups excluding carboxylic acids is 1. The van der Waals surface area contributed by atoms with Gasteiger partial charge in [0.15, 0.2) is 0 Å². The standard InChI is InChI=1S/C19H17N7O/c1-24-12-21-16(23-24)18(27)26-10-19(11-26)8-25(9-19)17-14(7-20)6-13-4-2-3-5-15(13)22-17/h2-6,12H,8-11H2,1H3. The van der Waals surface area contributed by atoms with Crippen LogP contribution in [0.3, 0.4) is 0 Å². The van der Waals surface area contributed by atoms with Crippen molar-refractivity contribution >= 4 is 22.6 Å². The number of benzene rings is 1. The Kier molecular flexibility index (Phi) is 3.22. The predicted octanol–water partition coefficient (Wildman–Crippen LogP) is 1.20. The van der Waals surface area contributed by atoms with Crippen molar-refractivity contribution in [1.29, 1.82) is 5.26 Å². The number of pyridine rings is 1. The molecule has 27 heavy (non-hydrogen) atoms. The van der Waals surface area contributed by atoms with Crippen LogP contribution in [-0.4, -0.2) is 56.7 Å². The average molecular weight is 359 g/mol. The second-order valence-corrected chi connectivity index (χ2v) is 7.42. The Labute approximate surface area is 155 Å². The fraction of sp³-hybridized carbons (Fsp3) is 0.316. The molecule has 0 N–H and O–H groups in total. The molecule has 0 saturated carbocycles. The molecule has 2 saturated heterocycles. The maximum absolute atomic E-state index is 12.4. The summed E-state index contributed by atoms with van der Waals surface area (Å²) < 4.78 is 1.53. The lowest BCUT2D eigenvalue weighted by molar-refractivity contribution is -0.0115. The number of nitrogens with zero attached hydrogens (tertiary/aromatic N) is 7. The zero-order valence-corrected chi connectivity index (χ0v) is 14.8. The minimum Gasteiger partial charge on any atom is -0.354 e. The smallest absolute Gasteiger partial charge is 0.293 e. The summed E-state index contributed by atoms with van der Waals surface area (Å²) in [7, 11) is 1.74. The molecular formula is C19H17N7O. The van der Waals surface area contributed by atoms with Crippen molar-refractivity contribution in [2.24, 2.45) is 12.5 Å². The SMILES string of the molecule is Cn1cnc(C(=O)N2CC3(C2)CN(c2nc4ccccc4cc2C#N)C3)n1. The number of anilines is 1. The van der Waals surface area contributed by atoms with Gasteiger partial charge in [-0.15, -0.1) is 5.10 Å². The molecule has 5 rings (SSSR count). The Hall–Kier alpha value is -3.47. The molecule has 2 aliphatic heterocycles. The molecule has 0 radical (unpaired) electrons. The number of aromatic nitrogens is 4. The van der Waals surface area contributed by atoms with Crippen LogP contribution in [0.2, 0.25) is 0 Å². The van der Waals surface area contributed by atoms with Gasteiger partial charge in [-0.05, 0) is 12.1 Å². The van der Waals surface area contributed by atoms with Crippen LogP contribution in [0.1, 0.15) is 16.2 Å². The van der Waals surface area contributed by atoms with Crippen molar-refractivity contribution < 1.29 is 4.79 Å². The van der Waals surface area contributed by atoms with E-state index in [9.17, 15) is 10.1 Å². The van der Waals surface area contributed by atoms with E-state index >= 15 is 0 Å². The number of hydrogen-bond acceptors (Lipinski definition) is 6. The number of amides is 1. The molecule has 134 valence electrons. The average Bonchev–Trinajstić information content (AvgIpc) is 3.05. The number of carbonyl (C=O) groups is 1. The Morgan fingerprint density at radius 3 is 2.70 bits per heavy atom. The molecule has 1 spiro atoms. The van der Waals surface area contributed by atoms with Gasteiger partial charge in [0.1, 0.15) is 18.2 Å². The predicted molar refractivity (Wildman–Crippen MR) is 98.0 cm³/mol. The lowest BCUT2D eigenvalue weighted by atomic mass is 9.72. The first-order valence-corrected chi connectivity index (χ1v) is 8.77. The number of fused-ring (bicyclic) bond motifs is 1. The lowest BCUT2D eigenvalue weighted by Gasteiger charge is -2.60. The third-order valence-corrected chi connectivity index (χ3v) is 5.31. The van der Waals surface area contributed by atoms with E-state index in [0.717, 1.165) is 29.8 Å². The van der Waals surface area contributed by atoms with Crippen LogP contribution in [0.4, 0.5) is 5.82 Å². The third kappa shape index (κ3) is 2.43. The number of para-hydroxylation sites is 1. The zero-order chi connectivity index (χ0) is 18.6. The van der Waals surface area contributed by atoms with Crippen LogP contribution < -0.4 is 4.90 Å². The number of rotatable bonds is 2. The summed E-state index contributed by atoms with van der Waals surface area (Å²) >= 11 is 0. The summed E-state index contributed by atoms with van der Waals surface area (Å²) in [6, 6.07) is 12.0. The van der Waals surface area contributed by atoms with Gasteiger partial charge in [-0.2, -0.15) is 5.26 Å². The minimum absolute atomic E-state index is 0.0878. The van der Waals surface area contributed by atoms with Gasteiger partial charge in [0, 0.05) is 44.0 Å². The topological polar surface area (TPSA) is 90.9 Å². The molecule has 2 fully saturated rings. The van der Waals surface area contributed by atoms with E-state index in [-0.39, 0.29) is 17.1 Å². The fourth-order valence-corrected chi connectivity index (χ4v) is 4.03. The first kappa shape index (κ1) is 15.8. The first-order valence-electron chi connectivity index (χ1n) is 8.77. The highest BCUT2D eigenvalue weighted by atomic mass is 16.2. The van der Waals surface area contributed by atoms with Gasteiger partial charge in [0.2, 0.25) is 5.82 Å². The van der Waals surface area contributed by atoms with Gasteiger partial charge in [-0.25, -0.2) is 9.97 Å². The number of likely N-dealkylation sites (tertiary alicyclic amines) is 1. The van der Waals surface area contributed by atoms with Gasteiger partial charge < -0.3 is 9.80 Å². The maximum Gasteiger partial charge on any atom is 0.293 e. The van der Waals surface area contributed by atoms with Crippen molar-refractivity contribution in [3.05, 3.63) is 48.0 Å². The monoisotopic (exact) mass is 359 g/mol. The van der Waals surface area contributed by atoms with Gasteiger partial charge in [0.05, 0.1) is 11.1 Å². The molecule has 0 aliphatic carbocycles. The Morgan fingerprint density at radius 2 is 2.00 bits per heavy atom. The van der Waals surface area contributed by atoms with E-state index in [0.29, 0.717) is 18.7 Å². The van der Waals surface area contributed by atoms with E-state index in [1.165, 1.54) is 11.0 Å². The molecular weight excluding hydrogens is 342 g/mol. The maximum atomic E-state index is 12.4. The molecule has 1 amide bonds. The van der Waals surface area contributed by atoms with Gasteiger partial charge >= 0.3 is 0 Å². The van der Waals surface area contributed by atoms with Crippen LogP contribution in [0.25, 0.3) is 10.9 Å². The number of nitriles is 1. The van der Waals surface area contributed by atoms with Crippen LogP contribution in [0, 0.1) is 16.7 Å². The minimum atomic E-state index is -0.124. The van der Waals surface area contributed by atoms with E-state index in [4.69, 9.17) is 4.98 Å². The van der Waals surface area contributed by atoms with Crippen LogP contribution >= 0.6 is 0 Å². The molecule has 1 aromatic carbocycles. The quantitative estimate of drug-likeness (QED) is 0.683. The van der Waals surface area contributed by atoms with Crippen LogP contribution in [0.5, 0.6) is 0 Å². The second-order valence-electron chi connectivity index (χ2n) is 7.42. The Morgan fingerprint density at radius 1 is 1.22 bits per heavy atom. The highest BCUT2D eigenvalue weighted by Crippen LogP contribution is 2.42. The molecule has 2 aromatic heterocycles. The molecule has 0 bridgehead atoms. The van der Waals surface area contributed by atoms with E-state index in [2.05, 4.69) is 21.1 Å². The van der Waals surface area contributed by atoms with Gasteiger partial charge in [-0.1, -0.05) is 18.2 Å². The highest BCUT2D eigenvalue weighted by molar-refractivity contribution is 5.91. The fourth-order valence-electron chi connectivity index (χ4n) is 4.03. The molecule has 8 heteroatoms. The first-order chi connectivity index (χ1) is 13.1. The molecule has 3 aromatic rings. The molecule has 4 heterocycles. The van der Waals surface area contributed by atoms with E-state index in [1.54, 1.807) is 11.9 Å². The summed E-state index contributed by atoms with van der Waals surface area (Å²) in [5, 5.41) is 14.6. The summed E-state index contributed by atoms with van der Waals surface area (Å²) in [5.74, 6) is 0.853. The number of aryl methyl sites for hydroxylation is 1. The summed E-state index contributed by atoms with van der Waals surface area (Å²) in [6.45, 7) is 2.98. The summed E-state index contributed by atoms with van der Waals surface area (Å²) in [6.07, 6.45) is 1.53. The molecule has 2 aliphatic rings. The largest absolute Gasteiger partial charge is 0.354 e. The van der Waals surface area contributed by atoms with Crippen LogP contribution in [0.15, 0.2) is 36.7 Å². The van der Waals surface area contributed by atoms with E-state index in [1.807, 2.05) is 30.3 Å². The molecule has 0 atom stereocenters. The van der Waals surface area contributed by atoms with Crippen molar-refractivity contribution in [3.63, 3.8) is 0 Å². The zero-order valence-electron chi connectivity index (χ0n) is 14.8. The summed E-state index contributed by atoms with van der Waals surface area (Å²) in [5.41, 5.74) is 1.57. The lowest BCUT2D eigenvalue weighted by Crippen LogP contribution is -2.73. The molecule has 0 unspecified atom stereocenters. The van der Waals surface area contributed by atoms with Crippen molar-refractivity contribution in [1.82, 2.24) is 24.6 Å². The van der Waals surface area contributed by atoms with Crippen molar-refractivity contribution in [3.8, 4) is 6.07 Å². The van der Waals surface area contributed by atoms with Crippen molar-refractivity contribution in [2.45, 2.75) is 0 Å². The highest BCUT2D eigenvalue weighted by Gasteiger charge is 2.54. The molecule has 8 nitrogen and oxygen atoms in total. The van der Waals surface area contributed by atoms with Crippen molar-refractivity contribution in [2.75, 3.05) is 31.1 Å². The Bertz CT molecular complexity index is 1100. The third-order valence-electron chi connectivity index (χ3n) is 5.31. The van der Waals surface area contributed by atoms with Gasteiger partial charge in [-0.3, -0.25) is 9.48 Å². The normalized spacial score (nSPS) is 17.5.